The van der Waals surface area contributed by atoms with Crippen molar-refractivity contribution in [2.75, 3.05) is 7.05 Å². The molecule has 0 aromatic heterocycles. The van der Waals surface area contributed by atoms with Gasteiger partial charge in [-0.05, 0) is 67.3 Å². The van der Waals surface area contributed by atoms with Crippen LogP contribution in [0.2, 0.25) is 0 Å². The number of benzene rings is 2. The minimum Gasteiger partial charge on any atom is -0.316 e. The van der Waals surface area contributed by atoms with Gasteiger partial charge in [0.2, 0.25) is 0 Å². The summed E-state index contributed by atoms with van der Waals surface area (Å²) in [6.07, 6.45) is 3.84. The van der Waals surface area contributed by atoms with Gasteiger partial charge in [-0.2, -0.15) is 0 Å². The predicted molar refractivity (Wildman–Crippen MR) is 81.8 cm³/mol. The van der Waals surface area contributed by atoms with Crippen molar-refractivity contribution in [2.24, 2.45) is 0 Å². The molecule has 1 N–H and O–H groups in total. The molecule has 2 aromatic rings. The van der Waals surface area contributed by atoms with Crippen molar-refractivity contribution in [3.63, 3.8) is 0 Å². The Bertz CT molecular complexity index is 560. The van der Waals surface area contributed by atoms with E-state index in [1.54, 1.807) is 11.1 Å². The molecule has 1 aliphatic rings. The van der Waals surface area contributed by atoms with Gasteiger partial charge in [0.15, 0.2) is 0 Å². The Labute approximate surface area is 119 Å². The zero-order valence-corrected chi connectivity index (χ0v) is 12.1. The van der Waals surface area contributed by atoms with Crippen LogP contribution in [0.25, 0.3) is 0 Å². The molecule has 0 radical (unpaired) electrons. The second-order valence-corrected chi connectivity index (χ2v) is 6.21. The third-order valence-corrected chi connectivity index (χ3v) is 4.61. The van der Waals surface area contributed by atoms with Crippen LogP contribution in [0.1, 0.15) is 23.1 Å². The molecule has 0 bridgehead atoms. The van der Waals surface area contributed by atoms with Gasteiger partial charge in [0.25, 0.3) is 0 Å². The van der Waals surface area contributed by atoms with Crippen LogP contribution < -0.4 is 5.32 Å². The van der Waals surface area contributed by atoms with Gasteiger partial charge >= 0.3 is 0 Å². The lowest BCUT2D eigenvalue weighted by atomic mass is 10.1. The quantitative estimate of drug-likeness (QED) is 0.899. The van der Waals surface area contributed by atoms with Crippen molar-refractivity contribution in [1.29, 1.82) is 0 Å². The second-order valence-electron chi connectivity index (χ2n) is 5.06. The Balaban J connectivity index is 1.74. The van der Waals surface area contributed by atoms with E-state index in [1.165, 1.54) is 34.6 Å². The van der Waals surface area contributed by atoms with E-state index in [1.807, 2.05) is 18.8 Å². The monoisotopic (exact) mass is 269 g/mol. The minimum atomic E-state index is 0.934. The first kappa shape index (κ1) is 12.8. The molecular weight excluding hydrogens is 250 g/mol. The van der Waals surface area contributed by atoms with Gasteiger partial charge in [-0.1, -0.05) is 30.0 Å². The van der Waals surface area contributed by atoms with Crippen LogP contribution in [-0.4, -0.2) is 7.05 Å². The Hall–Kier alpha value is -1.25. The fraction of sp³-hybridized carbons (Fsp3) is 0.294. The third kappa shape index (κ3) is 3.02. The Morgan fingerprint density at radius 1 is 0.947 bits per heavy atom. The third-order valence-electron chi connectivity index (χ3n) is 3.61. The topological polar surface area (TPSA) is 12.0 Å². The first-order valence-electron chi connectivity index (χ1n) is 6.88. The van der Waals surface area contributed by atoms with Crippen molar-refractivity contribution in [2.45, 2.75) is 35.6 Å². The van der Waals surface area contributed by atoms with Crippen LogP contribution in [0, 0.1) is 0 Å². The van der Waals surface area contributed by atoms with Crippen LogP contribution in [0.15, 0.2) is 52.3 Å². The molecule has 0 spiro atoms. The Morgan fingerprint density at radius 3 is 2.47 bits per heavy atom. The summed E-state index contributed by atoms with van der Waals surface area (Å²) in [6, 6.07) is 15.8. The van der Waals surface area contributed by atoms with Gasteiger partial charge in [-0.3, -0.25) is 0 Å². The van der Waals surface area contributed by atoms with E-state index in [4.69, 9.17) is 0 Å². The van der Waals surface area contributed by atoms with E-state index in [2.05, 4.69) is 47.8 Å². The van der Waals surface area contributed by atoms with Crippen LogP contribution >= 0.6 is 11.8 Å². The van der Waals surface area contributed by atoms with Gasteiger partial charge in [0, 0.05) is 16.3 Å². The van der Waals surface area contributed by atoms with E-state index in [-0.39, 0.29) is 0 Å². The maximum atomic E-state index is 3.17. The second kappa shape index (κ2) is 5.81. The van der Waals surface area contributed by atoms with E-state index in [0.29, 0.717) is 0 Å². The van der Waals surface area contributed by atoms with Crippen LogP contribution in [0.4, 0.5) is 0 Å². The molecule has 0 fully saturated rings. The average Bonchev–Trinajstić information content (AvgIpc) is 2.89. The SMILES string of the molecule is CNCc1ccc(Sc2ccc3c(c2)CCC3)cc1. The maximum absolute atomic E-state index is 3.17. The minimum absolute atomic E-state index is 0.934. The number of nitrogens with one attached hydrogen (secondary N) is 1. The molecule has 0 unspecified atom stereocenters. The number of hydrogen-bond donors (Lipinski definition) is 1. The van der Waals surface area contributed by atoms with Gasteiger partial charge < -0.3 is 5.32 Å². The molecular formula is C17H19NS. The van der Waals surface area contributed by atoms with Crippen molar-refractivity contribution in [1.82, 2.24) is 5.32 Å². The Kier molecular flexibility index (Phi) is 3.90. The molecule has 0 aliphatic heterocycles. The smallest absolute Gasteiger partial charge is 0.0202 e. The summed E-state index contributed by atoms with van der Waals surface area (Å²) >= 11 is 1.86. The standard InChI is InChI=1S/C17H19NS/c1-18-12-13-5-8-16(9-6-13)19-17-10-7-14-3-2-4-15(14)11-17/h5-11,18H,2-4,12H2,1H3. The highest BCUT2D eigenvalue weighted by molar-refractivity contribution is 7.99. The van der Waals surface area contributed by atoms with Crippen molar-refractivity contribution in [3.8, 4) is 0 Å². The lowest BCUT2D eigenvalue weighted by molar-refractivity contribution is 0.817. The fourth-order valence-electron chi connectivity index (χ4n) is 2.63. The zero-order chi connectivity index (χ0) is 13.1. The van der Waals surface area contributed by atoms with E-state index >= 15 is 0 Å². The highest BCUT2D eigenvalue weighted by Crippen LogP contribution is 2.32. The summed E-state index contributed by atoms with van der Waals surface area (Å²) in [5.74, 6) is 0. The van der Waals surface area contributed by atoms with Gasteiger partial charge in [0.05, 0.1) is 0 Å². The molecule has 0 saturated heterocycles. The molecule has 19 heavy (non-hydrogen) atoms. The lowest BCUT2D eigenvalue weighted by Crippen LogP contribution is -2.04. The largest absolute Gasteiger partial charge is 0.316 e. The molecule has 1 aliphatic carbocycles. The van der Waals surface area contributed by atoms with E-state index in [0.717, 1.165) is 6.54 Å². The summed E-state index contributed by atoms with van der Waals surface area (Å²) in [5, 5.41) is 3.17. The highest BCUT2D eigenvalue weighted by Gasteiger charge is 2.11. The summed E-state index contributed by atoms with van der Waals surface area (Å²) in [7, 11) is 1.98. The summed E-state index contributed by atoms with van der Waals surface area (Å²) in [6.45, 7) is 0.934. The molecule has 2 heteroatoms. The number of hydrogen-bond acceptors (Lipinski definition) is 2. The molecule has 98 valence electrons. The maximum Gasteiger partial charge on any atom is 0.0202 e. The molecule has 0 atom stereocenters. The molecule has 3 rings (SSSR count). The molecule has 2 aromatic carbocycles. The van der Waals surface area contributed by atoms with Crippen LogP contribution in [0.3, 0.4) is 0 Å². The van der Waals surface area contributed by atoms with E-state index < -0.39 is 0 Å². The number of fused-ring (bicyclic) bond motifs is 1. The highest BCUT2D eigenvalue weighted by atomic mass is 32.2. The van der Waals surface area contributed by atoms with Gasteiger partial charge in [-0.15, -0.1) is 0 Å². The van der Waals surface area contributed by atoms with E-state index in [9.17, 15) is 0 Å². The lowest BCUT2D eigenvalue weighted by Gasteiger charge is -2.06. The predicted octanol–water partition coefficient (Wildman–Crippen LogP) is 4.05. The van der Waals surface area contributed by atoms with Crippen LogP contribution in [0.5, 0.6) is 0 Å². The zero-order valence-electron chi connectivity index (χ0n) is 11.3. The molecule has 0 amide bonds. The van der Waals surface area contributed by atoms with Crippen molar-refractivity contribution >= 4 is 11.8 Å². The normalized spacial score (nSPS) is 13.5. The van der Waals surface area contributed by atoms with Crippen LogP contribution in [-0.2, 0) is 19.4 Å². The number of aryl methyl sites for hydroxylation is 2. The molecule has 0 heterocycles. The molecule has 1 nitrogen and oxygen atoms in total. The molecule has 0 saturated carbocycles. The van der Waals surface area contributed by atoms with Gasteiger partial charge in [-0.25, -0.2) is 0 Å². The number of rotatable bonds is 4. The summed E-state index contributed by atoms with van der Waals surface area (Å²) in [5.41, 5.74) is 4.44. The summed E-state index contributed by atoms with van der Waals surface area (Å²) in [4.78, 5) is 2.68. The average molecular weight is 269 g/mol. The fourth-order valence-corrected chi connectivity index (χ4v) is 3.51. The Morgan fingerprint density at radius 2 is 1.68 bits per heavy atom. The van der Waals surface area contributed by atoms with Crippen molar-refractivity contribution in [3.05, 3.63) is 59.2 Å². The first-order valence-corrected chi connectivity index (χ1v) is 7.70. The first-order chi connectivity index (χ1) is 9.35. The summed E-state index contributed by atoms with van der Waals surface area (Å²) < 4.78 is 0. The van der Waals surface area contributed by atoms with Gasteiger partial charge in [0.1, 0.15) is 0 Å². The van der Waals surface area contributed by atoms with Crippen molar-refractivity contribution < 1.29 is 0 Å².